The molecule has 1 atom stereocenters. The fraction of sp³-hybridized carbons (Fsp3) is 0.304. The van der Waals surface area contributed by atoms with Gasteiger partial charge >= 0.3 is 5.97 Å². The van der Waals surface area contributed by atoms with Gasteiger partial charge in [0, 0.05) is 12.0 Å². The van der Waals surface area contributed by atoms with Gasteiger partial charge in [0.15, 0.2) is 6.61 Å². The molecular formula is C23H25N3O6. The zero-order valence-electron chi connectivity index (χ0n) is 17.9. The molecule has 0 aliphatic carbocycles. The van der Waals surface area contributed by atoms with Crippen molar-refractivity contribution in [2.75, 3.05) is 25.1 Å². The first-order chi connectivity index (χ1) is 15.4. The maximum Gasteiger partial charge on any atom is 0.311 e. The maximum absolute atomic E-state index is 12.3. The van der Waals surface area contributed by atoms with Gasteiger partial charge in [0.2, 0.25) is 5.91 Å². The summed E-state index contributed by atoms with van der Waals surface area (Å²) in [7, 11) is 0. The predicted molar refractivity (Wildman–Crippen MR) is 116 cm³/mol. The van der Waals surface area contributed by atoms with E-state index in [9.17, 15) is 19.2 Å². The van der Waals surface area contributed by atoms with E-state index in [0.717, 1.165) is 10.6 Å². The number of rotatable bonds is 8. The van der Waals surface area contributed by atoms with E-state index in [1.54, 1.807) is 48.5 Å². The number of amides is 3. The topological polar surface area (TPSA) is 114 Å². The highest BCUT2D eigenvalue weighted by Crippen LogP contribution is 2.23. The molecule has 32 heavy (non-hydrogen) atoms. The van der Waals surface area contributed by atoms with Crippen molar-refractivity contribution in [3.63, 3.8) is 0 Å². The fourth-order valence-corrected chi connectivity index (χ4v) is 3.16. The third-order valence-corrected chi connectivity index (χ3v) is 4.82. The van der Waals surface area contributed by atoms with Crippen molar-refractivity contribution < 1.29 is 28.7 Å². The Bertz CT molecular complexity index is 1010. The van der Waals surface area contributed by atoms with Crippen LogP contribution in [0, 0.1) is 12.8 Å². The molecule has 0 spiro atoms. The number of hydrogen-bond acceptors (Lipinski definition) is 6. The monoisotopic (exact) mass is 439 g/mol. The average molecular weight is 439 g/mol. The number of nitrogens with one attached hydrogen (secondary N) is 2. The molecule has 1 saturated heterocycles. The van der Waals surface area contributed by atoms with E-state index in [1.807, 2.05) is 13.8 Å². The van der Waals surface area contributed by atoms with Gasteiger partial charge < -0.3 is 14.8 Å². The molecule has 3 amide bonds. The lowest BCUT2D eigenvalue weighted by molar-refractivity contribution is -0.151. The van der Waals surface area contributed by atoms with Crippen LogP contribution in [0.1, 0.15) is 29.3 Å². The summed E-state index contributed by atoms with van der Waals surface area (Å²) in [5.41, 5.74) is 4.39. The largest absolute Gasteiger partial charge is 0.492 e. The third-order valence-electron chi connectivity index (χ3n) is 4.82. The van der Waals surface area contributed by atoms with Gasteiger partial charge in [-0.1, -0.05) is 29.8 Å². The second-order valence-corrected chi connectivity index (χ2v) is 7.30. The van der Waals surface area contributed by atoms with Crippen molar-refractivity contribution in [2.24, 2.45) is 5.92 Å². The Morgan fingerprint density at radius 3 is 2.53 bits per heavy atom. The number of hydrazine groups is 1. The number of carbonyl (C=O) groups is 4. The summed E-state index contributed by atoms with van der Waals surface area (Å²) >= 11 is 0. The molecule has 1 aliphatic heterocycles. The second-order valence-electron chi connectivity index (χ2n) is 7.30. The summed E-state index contributed by atoms with van der Waals surface area (Å²) in [5.74, 6) is -2.32. The third kappa shape index (κ3) is 5.84. The van der Waals surface area contributed by atoms with Crippen molar-refractivity contribution in [3.05, 3.63) is 59.7 Å². The number of nitrogens with zero attached hydrogens (tertiary/aromatic N) is 1. The van der Waals surface area contributed by atoms with Crippen molar-refractivity contribution >= 4 is 29.4 Å². The van der Waals surface area contributed by atoms with Crippen LogP contribution in [0.3, 0.4) is 0 Å². The van der Waals surface area contributed by atoms with Crippen molar-refractivity contribution in [1.29, 1.82) is 0 Å². The number of carbonyl (C=O) groups excluding carboxylic acids is 4. The lowest BCUT2D eigenvalue weighted by atomic mass is 10.1. The lowest BCUT2D eigenvalue weighted by Crippen LogP contribution is -2.43. The number of ether oxygens (including phenoxy) is 2. The van der Waals surface area contributed by atoms with Crippen LogP contribution in [0.5, 0.6) is 5.75 Å². The van der Waals surface area contributed by atoms with Crippen LogP contribution in [0.15, 0.2) is 48.5 Å². The van der Waals surface area contributed by atoms with Gasteiger partial charge in [0.25, 0.3) is 11.8 Å². The molecule has 1 heterocycles. The molecule has 9 heteroatoms. The zero-order valence-corrected chi connectivity index (χ0v) is 17.9. The number of aryl methyl sites for hydroxylation is 1. The number of anilines is 1. The van der Waals surface area contributed by atoms with Crippen LogP contribution in [-0.2, 0) is 19.1 Å². The fourth-order valence-electron chi connectivity index (χ4n) is 3.16. The van der Waals surface area contributed by atoms with Gasteiger partial charge in [-0.25, -0.2) is 0 Å². The summed E-state index contributed by atoms with van der Waals surface area (Å²) in [6, 6.07) is 13.8. The molecule has 2 aromatic carbocycles. The van der Waals surface area contributed by atoms with Crippen molar-refractivity contribution in [2.45, 2.75) is 20.3 Å². The molecule has 0 aromatic heterocycles. The normalized spacial score (nSPS) is 15.2. The highest BCUT2D eigenvalue weighted by molar-refractivity contribution is 5.97. The molecule has 0 unspecified atom stereocenters. The Hall–Kier alpha value is -3.88. The Labute approximate surface area is 185 Å². The molecule has 0 radical (unpaired) electrons. The number of benzene rings is 2. The maximum atomic E-state index is 12.3. The Kier molecular flexibility index (Phi) is 7.43. The molecular weight excluding hydrogens is 414 g/mol. The molecule has 0 bridgehead atoms. The quantitative estimate of drug-likeness (QED) is 0.609. The van der Waals surface area contributed by atoms with Gasteiger partial charge in [0.1, 0.15) is 5.75 Å². The highest BCUT2D eigenvalue weighted by Gasteiger charge is 2.36. The Morgan fingerprint density at radius 1 is 1.09 bits per heavy atom. The van der Waals surface area contributed by atoms with Gasteiger partial charge in [-0.05, 0) is 38.1 Å². The van der Waals surface area contributed by atoms with E-state index in [-0.39, 0.29) is 13.0 Å². The summed E-state index contributed by atoms with van der Waals surface area (Å²) in [6.45, 7) is 3.65. The van der Waals surface area contributed by atoms with Crippen LogP contribution in [0.2, 0.25) is 0 Å². The minimum absolute atomic E-state index is 0.0237. The van der Waals surface area contributed by atoms with Crippen molar-refractivity contribution in [3.8, 4) is 5.75 Å². The zero-order chi connectivity index (χ0) is 23.1. The molecule has 1 aliphatic rings. The minimum Gasteiger partial charge on any atom is -0.492 e. The lowest BCUT2D eigenvalue weighted by Gasteiger charge is -2.17. The summed E-state index contributed by atoms with van der Waals surface area (Å²) in [5, 5.41) is 3.74. The smallest absolute Gasteiger partial charge is 0.311 e. The van der Waals surface area contributed by atoms with Crippen LogP contribution in [-0.4, -0.2) is 48.5 Å². The molecule has 2 N–H and O–H groups in total. The van der Waals surface area contributed by atoms with E-state index in [4.69, 9.17) is 9.47 Å². The van der Waals surface area contributed by atoms with Gasteiger partial charge in [-0.3, -0.25) is 29.6 Å². The van der Waals surface area contributed by atoms with E-state index in [0.29, 0.717) is 23.6 Å². The van der Waals surface area contributed by atoms with Gasteiger partial charge in [-0.2, -0.15) is 0 Å². The number of esters is 1. The van der Waals surface area contributed by atoms with E-state index < -0.39 is 36.2 Å². The first-order valence-corrected chi connectivity index (χ1v) is 10.2. The minimum atomic E-state index is -0.774. The van der Waals surface area contributed by atoms with Crippen LogP contribution in [0.4, 0.5) is 5.69 Å². The molecule has 168 valence electrons. The first kappa shape index (κ1) is 22.8. The van der Waals surface area contributed by atoms with Crippen LogP contribution < -0.4 is 15.5 Å². The predicted octanol–water partition coefficient (Wildman–Crippen LogP) is 2.07. The molecule has 9 nitrogen and oxygen atoms in total. The van der Waals surface area contributed by atoms with Crippen LogP contribution in [0.25, 0.3) is 0 Å². The Balaban J connectivity index is 1.48. The molecule has 2 aromatic rings. The molecule has 3 rings (SSSR count). The Morgan fingerprint density at radius 2 is 1.81 bits per heavy atom. The SMILES string of the molecule is CCOc1ccccc1NC(=O)COC(=O)[C@H]1CC(=O)N(NC(=O)c2ccc(C)cc2)C1. The second kappa shape index (κ2) is 10.4. The van der Waals surface area contributed by atoms with Gasteiger partial charge in [-0.15, -0.1) is 0 Å². The van der Waals surface area contributed by atoms with E-state index in [2.05, 4.69) is 10.7 Å². The average Bonchev–Trinajstić information content (AvgIpc) is 3.14. The van der Waals surface area contributed by atoms with E-state index in [1.165, 1.54) is 0 Å². The number of para-hydroxylation sites is 2. The molecule has 1 fully saturated rings. The van der Waals surface area contributed by atoms with E-state index >= 15 is 0 Å². The number of hydrogen-bond donors (Lipinski definition) is 2. The molecule has 0 saturated carbocycles. The first-order valence-electron chi connectivity index (χ1n) is 10.2. The standard InChI is InChI=1S/C23H25N3O6/c1-3-31-19-7-5-4-6-18(19)24-20(27)14-32-23(30)17-12-21(28)26(13-17)25-22(29)16-10-8-15(2)9-11-16/h4-11,17H,3,12-14H2,1-2H3,(H,24,27)(H,25,29)/t17-/m0/s1. The summed E-state index contributed by atoms with van der Waals surface area (Å²) in [4.78, 5) is 49.0. The highest BCUT2D eigenvalue weighted by atomic mass is 16.5. The van der Waals surface area contributed by atoms with Crippen molar-refractivity contribution in [1.82, 2.24) is 10.4 Å². The van der Waals surface area contributed by atoms with Gasteiger partial charge in [0.05, 0.1) is 24.8 Å². The summed E-state index contributed by atoms with van der Waals surface area (Å²) < 4.78 is 10.5. The summed E-state index contributed by atoms with van der Waals surface area (Å²) in [6.07, 6.45) is -0.109. The van der Waals surface area contributed by atoms with Crippen LogP contribution >= 0.6 is 0 Å².